The third-order valence-corrected chi connectivity index (χ3v) is 11.2. The normalized spacial score (nSPS) is 21.3. The summed E-state index contributed by atoms with van der Waals surface area (Å²) in [6, 6.07) is 10.3. The van der Waals surface area contributed by atoms with Crippen molar-refractivity contribution in [3.8, 4) is 6.07 Å². The summed E-state index contributed by atoms with van der Waals surface area (Å²) in [6.07, 6.45) is 17.0. The van der Waals surface area contributed by atoms with Crippen molar-refractivity contribution in [2.45, 2.75) is 153 Å². The van der Waals surface area contributed by atoms with Gasteiger partial charge in [0.15, 0.2) is 5.82 Å². The van der Waals surface area contributed by atoms with E-state index in [1.54, 1.807) is 30.3 Å². The number of phosphoric acid groups is 1. The van der Waals surface area contributed by atoms with E-state index >= 15 is 0 Å². The number of ether oxygens (including phenoxy) is 3. The second-order valence-corrected chi connectivity index (χ2v) is 16.4. The molecule has 1 aliphatic rings. The van der Waals surface area contributed by atoms with Crippen LogP contribution in [0.3, 0.4) is 0 Å². The number of aliphatic hydroxyl groups excluding tert-OH is 2. The monoisotopic (exact) mass is 802 g/mol. The van der Waals surface area contributed by atoms with Crippen LogP contribution in [0, 0.1) is 11.3 Å². The van der Waals surface area contributed by atoms with E-state index in [2.05, 4.69) is 22.0 Å². The summed E-state index contributed by atoms with van der Waals surface area (Å²) >= 11 is 0. The molecule has 5 N–H and O–H groups in total. The van der Waals surface area contributed by atoms with Crippen molar-refractivity contribution in [1.29, 1.82) is 5.26 Å². The molecule has 0 radical (unpaired) electrons. The Hall–Kier alpha value is -3.03. The van der Waals surface area contributed by atoms with Gasteiger partial charge in [0.2, 0.25) is 0 Å². The Kier molecular flexibility index (Phi) is 19.6. The molecule has 0 aromatic carbocycles. The first-order valence-electron chi connectivity index (χ1n) is 20.4. The van der Waals surface area contributed by atoms with Gasteiger partial charge in [-0.1, -0.05) is 109 Å². The fourth-order valence-corrected chi connectivity index (χ4v) is 7.71. The zero-order valence-corrected chi connectivity index (χ0v) is 34.1. The maximum absolute atomic E-state index is 13.1. The highest BCUT2D eigenvalue weighted by atomic mass is 31.2. The highest BCUT2D eigenvalue weighted by Crippen LogP contribution is 2.47. The molecule has 3 aromatic heterocycles. The topological polar surface area (TPSA) is 217 Å². The van der Waals surface area contributed by atoms with Crippen LogP contribution in [0.4, 0.5) is 5.82 Å². The minimum Gasteiger partial charge on any atom is -0.387 e. The molecular formula is C40H63N6O9P. The smallest absolute Gasteiger partial charge is 0.387 e. The first kappa shape index (κ1) is 45.7. The van der Waals surface area contributed by atoms with Crippen LogP contribution in [0.1, 0.15) is 140 Å². The van der Waals surface area contributed by atoms with Crippen LogP contribution in [0.2, 0.25) is 0 Å². The van der Waals surface area contributed by atoms with E-state index in [-0.39, 0.29) is 31.3 Å². The van der Waals surface area contributed by atoms with Gasteiger partial charge in [-0.2, -0.15) is 10.4 Å². The maximum Gasteiger partial charge on any atom is 0.472 e. The fourth-order valence-electron chi connectivity index (χ4n) is 6.86. The molecule has 4 heterocycles. The molecule has 3 aromatic rings. The number of nitrogens with zero attached hydrogens (tertiary/aromatic N) is 5. The number of aromatic nitrogens is 4. The SMILES string of the molecule is CCCCCCCCCCCCCCCCCCOC[C@H](COP(=O)(O)OC[C@@]1(C)O[C@@H](c2ccc3c(N)ncnn23)[C@H](O)[C@@H]1O)OCc1cccc(C#N)n1. The number of aliphatic hydroxyl groups is 2. The third kappa shape index (κ3) is 14.7. The number of hydrogen-bond acceptors (Lipinski definition) is 13. The van der Waals surface area contributed by atoms with E-state index in [1.165, 1.54) is 101 Å². The van der Waals surface area contributed by atoms with Crippen molar-refractivity contribution in [2.75, 3.05) is 32.2 Å². The van der Waals surface area contributed by atoms with Crippen LogP contribution in [0.25, 0.3) is 5.52 Å². The van der Waals surface area contributed by atoms with Gasteiger partial charge < -0.3 is 35.1 Å². The fraction of sp³-hybridized carbons (Fsp3) is 0.700. The largest absolute Gasteiger partial charge is 0.472 e. The molecule has 15 nitrogen and oxygen atoms in total. The second-order valence-electron chi connectivity index (χ2n) is 15.0. The number of unbranched alkanes of at least 4 members (excludes halogenated alkanes) is 15. The Morgan fingerprint density at radius 2 is 1.59 bits per heavy atom. The average molecular weight is 803 g/mol. The van der Waals surface area contributed by atoms with Gasteiger partial charge >= 0.3 is 7.82 Å². The molecule has 4 rings (SSSR count). The van der Waals surface area contributed by atoms with Gasteiger partial charge in [0.25, 0.3) is 0 Å². The van der Waals surface area contributed by atoms with Crippen LogP contribution in [0.5, 0.6) is 0 Å². The van der Waals surface area contributed by atoms with E-state index < -0.39 is 44.4 Å². The molecule has 16 heteroatoms. The Morgan fingerprint density at radius 3 is 2.23 bits per heavy atom. The first-order valence-corrected chi connectivity index (χ1v) is 21.9. The number of phosphoric ester groups is 1. The van der Waals surface area contributed by atoms with Crippen LogP contribution < -0.4 is 5.73 Å². The molecule has 1 saturated heterocycles. The minimum absolute atomic E-state index is 0.0188. The summed E-state index contributed by atoms with van der Waals surface area (Å²) in [5.74, 6) is 0.226. The lowest BCUT2D eigenvalue weighted by Crippen LogP contribution is -2.44. The quantitative estimate of drug-likeness (QED) is 0.0406. The molecule has 0 bridgehead atoms. The highest BCUT2D eigenvalue weighted by molar-refractivity contribution is 7.47. The van der Waals surface area contributed by atoms with Crippen molar-refractivity contribution in [3.05, 3.63) is 53.7 Å². The Morgan fingerprint density at radius 1 is 0.946 bits per heavy atom. The standard InChI is InChI=1S/C40H63N6O9P/c1-3-4-5-6-7-8-9-10-11-12-13-14-15-16-17-18-24-51-27-33(52-26-32-21-19-20-31(25-41)45-32)28-53-56(49,50)54-29-40(2)38(48)36(47)37(55-40)34-22-23-35-39(42)43-30-44-46(34)35/h19-23,30,33,36-38,47-48H,3-18,24,26-29H2,1-2H3,(H,49,50)(H2,42,43,44)/t33-,36+,37+,38+,40-/m1/s1. The molecular weight excluding hydrogens is 739 g/mol. The predicted molar refractivity (Wildman–Crippen MR) is 211 cm³/mol. The molecule has 6 atom stereocenters. The van der Waals surface area contributed by atoms with Gasteiger partial charge in [0.1, 0.15) is 53.6 Å². The second kappa shape index (κ2) is 24.0. The van der Waals surface area contributed by atoms with Crippen LogP contribution in [0.15, 0.2) is 36.7 Å². The molecule has 0 saturated carbocycles. The van der Waals surface area contributed by atoms with E-state index in [1.807, 2.05) is 6.07 Å². The zero-order chi connectivity index (χ0) is 40.2. The third-order valence-electron chi connectivity index (χ3n) is 10.2. The van der Waals surface area contributed by atoms with Gasteiger partial charge in [0.05, 0.1) is 37.8 Å². The molecule has 1 unspecified atom stereocenters. The van der Waals surface area contributed by atoms with E-state index in [9.17, 15) is 24.9 Å². The van der Waals surface area contributed by atoms with Gasteiger partial charge in [-0.05, 0) is 37.6 Å². The lowest BCUT2D eigenvalue weighted by molar-refractivity contribution is -0.102. The number of pyridine rings is 1. The lowest BCUT2D eigenvalue weighted by atomic mass is 9.97. The van der Waals surface area contributed by atoms with Gasteiger partial charge in [-0.15, -0.1) is 0 Å². The van der Waals surface area contributed by atoms with Crippen LogP contribution in [-0.2, 0) is 34.4 Å². The van der Waals surface area contributed by atoms with Crippen molar-refractivity contribution in [3.63, 3.8) is 0 Å². The number of nitrogens with two attached hydrogens (primary N) is 1. The van der Waals surface area contributed by atoms with Crippen LogP contribution >= 0.6 is 7.82 Å². The summed E-state index contributed by atoms with van der Waals surface area (Å²) in [4.78, 5) is 18.8. The molecule has 0 amide bonds. The van der Waals surface area contributed by atoms with E-state index in [0.29, 0.717) is 23.5 Å². The Balaban J connectivity index is 1.17. The number of rotatable bonds is 29. The van der Waals surface area contributed by atoms with Gasteiger partial charge in [0, 0.05) is 6.61 Å². The van der Waals surface area contributed by atoms with E-state index in [4.69, 9.17) is 29.0 Å². The summed E-state index contributed by atoms with van der Waals surface area (Å²) in [6.45, 7) is 3.39. The van der Waals surface area contributed by atoms with E-state index in [0.717, 1.165) is 19.3 Å². The van der Waals surface area contributed by atoms with Gasteiger partial charge in [-0.25, -0.2) is 19.0 Å². The summed E-state index contributed by atoms with van der Waals surface area (Å²) in [5.41, 5.74) is 5.99. The lowest BCUT2D eigenvalue weighted by Gasteiger charge is -2.28. The number of nitrogen functional groups attached to an aromatic ring is 1. The Labute approximate surface area is 331 Å². The first-order chi connectivity index (χ1) is 27.1. The summed E-state index contributed by atoms with van der Waals surface area (Å²) in [5, 5.41) is 35.2. The molecule has 1 fully saturated rings. The summed E-state index contributed by atoms with van der Waals surface area (Å²) < 4.78 is 43.0. The maximum atomic E-state index is 13.1. The average Bonchev–Trinajstić information content (AvgIpc) is 3.73. The minimum atomic E-state index is -4.71. The van der Waals surface area contributed by atoms with Crippen molar-refractivity contribution in [2.24, 2.45) is 0 Å². The molecule has 56 heavy (non-hydrogen) atoms. The molecule has 0 aliphatic carbocycles. The number of anilines is 1. The van der Waals surface area contributed by atoms with Gasteiger partial charge in [-0.3, -0.25) is 9.05 Å². The molecule has 312 valence electrons. The highest BCUT2D eigenvalue weighted by Gasteiger charge is 2.53. The van der Waals surface area contributed by atoms with Crippen molar-refractivity contribution in [1.82, 2.24) is 19.6 Å². The molecule has 0 spiro atoms. The summed E-state index contributed by atoms with van der Waals surface area (Å²) in [7, 11) is -4.71. The number of hydrogen-bond donors (Lipinski definition) is 4. The number of fused-ring (bicyclic) bond motifs is 1. The Bertz CT molecular complexity index is 1670. The van der Waals surface area contributed by atoms with Crippen molar-refractivity contribution >= 4 is 19.2 Å². The van der Waals surface area contributed by atoms with Crippen molar-refractivity contribution < 1.29 is 42.9 Å². The predicted octanol–water partition coefficient (Wildman–Crippen LogP) is 7.13. The molecule has 1 aliphatic heterocycles. The number of nitriles is 1. The van der Waals surface area contributed by atoms with Crippen LogP contribution in [-0.4, -0.2) is 85.0 Å². The zero-order valence-electron chi connectivity index (χ0n) is 33.2.